The second kappa shape index (κ2) is 10.6. The number of hydrogen-bond acceptors (Lipinski definition) is 8. The van der Waals surface area contributed by atoms with E-state index in [0.717, 1.165) is 5.56 Å². The summed E-state index contributed by atoms with van der Waals surface area (Å²) in [7, 11) is 1.60. The zero-order valence-electron chi connectivity index (χ0n) is 20.1. The molecule has 0 aliphatic heterocycles. The summed E-state index contributed by atoms with van der Waals surface area (Å²) in [6, 6.07) is 21.7. The number of para-hydroxylation sites is 2. The lowest BCUT2D eigenvalue weighted by molar-refractivity contribution is -0.124. The molecule has 0 aliphatic rings. The van der Waals surface area contributed by atoms with Crippen LogP contribution in [0.25, 0.3) is 33.8 Å². The molecule has 0 saturated heterocycles. The molecule has 1 N–H and O–H groups in total. The van der Waals surface area contributed by atoms with E-state index in [9.17, 15) is 9.59 Å². The molecule has 5 aromatic rings. The molecule has 0 fully saturated rings. The number of thiazole rings is 1. The van der Waals surface area contributed by atoms with Crippen LogP contribution in [0.3, 0.4) is 0 Å². The van der Waals surface area contributed by atoms with E-state index in [1.807, 2.05) is 53.9 Å². The van der Waals surface area contributed by atoms with Crippen molar-refractivity contribution in [2.75, 3.05) is 12.4 Å². The third kappa shape index (κ3) is 5.22. The Morgan fingerprint density at radius 2 is 1.84 bits per heavy atom. The fourth-order valence-corrected chi connectivity index (χ4v) is 4.50. The maximum absolute atomic E-state index is 13.1. The maximum Gasteiger partial charge on any atom is 0.339 e. The van der Waals surface area contributed by atoms with Gasteiger partial charge in [0.25, 0.3) is 5.91 Å². The Hall–Kier alpha value is -4.50. The Bertz CT molecular complexity index is 1540. The number of hydrogen-bond donors (Lipinski definition) is 1. The van der Waals surface area contributed by atoms with Gasteiger partial charge in [0.15, 0.2) is 16.8 Å². The fourth-order valence-electron chi connectivity index (χ4n) is 3.78. The van der Waals surface area contributed by atoms with Crippen molar-refractivity contribution >= 4 is 39.4 Å². The highest BCUT2D eigenvalue weighted by molar-refractivity contribution is 7.14. The third-order valence-electron chi connectivity index (χ3n) is 5.68. The number of amides is 1. The molecule has 0 bridgehead atoms. The van der Waals surface area contributed by atoms with Gasteiger partial charge in [0.05, 0.1) is 23.9 Å². The molecule has 3 aromatic carbocycles. The number of nitrogens with one attached hydrogen (secondary N) is 1. The number of ether oxygens (including phenoxy) is 2. The number of carbonyl (C=O) groups excluding carboxylic acids is 2. The smallest absolute Gasteiger partial charge is 0.339 e. The van der Waals surface area contributed by atoms with Gasteiger partial charge in [0, 0.05) is 10.9 Å². The second-order valence-corrected chi connectivity index (χ2v) is 8.95. The zero-order chi connectivity index (χ0) is 25.8. The largest absolute Gasteiger partial charge is 0.497 e. The Kier molecular flexibility index (Phi) is 6.96. The van der Waals surface area contributed by atoms with Crippen LogP contribution in [0.2, 0.25) is 0 Å². The number of carbonyl (C=O) groups is 2. The van der Waals surface area contributed by atoms with Gasteiger partial charge in [-0.25, -0.2) is 14.8 Å². The van der Waals surface area contributed by atoms with Crippen LogP contribution in [0.5, 0.6) is 5.75 Å². The van der Waals surface area contributed by atoms with Gasteiger partial charge in [-0.3, -0.25) is 10.1 Å². The van der Waals surface area contributed by atoms with E-state index in [1.54, 1.807) is 38.3 Å². The number of oxazole rings is 1. The summed E-state index contributed by atoms with van der Waals surface area (Å²) in [5, 5.41) is 5.01. The summed E-state index contributed by atoms with van der Waals surface area (Å²) < 4.78 is 16.7. The first kappa shape index (κ1) is 24.2. The summed E-state index contributed by atoms with van der Waals surface area (Å²) in [6.45, 7) is 1.77. The van der Waals surface area contributed by atoms with E-state index < -0.39 is 18.0 Å². The number of methoxy groups -OCH3 is 1. The minimum absolute atomic E-state index is 0.259. The van der Waals surface area contributed by atoms with Crippen molar-refractivity contribution in [2.24, 2.45) is 0 Å². The van der Waals surface area contributed by atoms with E-state index in [2.05, 4.69) is 15.3 Å². The van der Waals surface area contributed by atoms with Crippen LogP contribution in [0.15, 0.2) is 82.6 Å². The molecule has 186 valence electrons. The van der Waals surface area contributed by atoms with Crippen molar-refractivity contribution in [3.63, 3.8) is 0 Å². The zero-order valence-corrected chi connectivity index (χ0v) is 21.0. The van der Waals surface area contributed by atoms with E-state index >= 15 is 0 Å². The molecule has 37 heavy (non-hydrogen) atoms. The molecule has 0 spiro atoms. The van der Waals surface area contributed by atoms with Crippen LogP contribution in [-0.4, -0.2) is 35.1 Å². The van der Waals surface area contributed by atoms with Crippen molar-refractivity contribution in [3.8, 4) is 28.5 Å². The van der Waals surface area contributed by atoms with Crippen LogP contribution in [0, 0.1) is 0 Å². The normalized spacial score (nSPS) is 11.7. The number of anilines is 1. The van der Waals surface area contributed by atoms with Gasteiger partial charge in [-0.1, -0.05) is 43.3 Å². The van der Waals surface area contributed by atoms with Crippen LogP contribution in [-0.2, 0) is 9.53 Å². The first-order valence-corrected chi connectivity index (χ1v) is 12.5. The maximum atomic E-state index is 13.1. The van der Waals surface area contributed by atoms with Gasteiger partial charge in [-0.15, -0.1) is 11.3 Å². The number of aromatic nitrogens is 2. The first-order valence-electron chi connectivity index (χ1n) is 11.6. The number of rotatable bonds is 8. The highest BCUT2D eigenvalue weighted by atomic mass is 32.1. The van der Waals surface area contributed by atoms with Gasteiger partial charge in [0.1, 0.15) is 11.3 Å². The lowest BCUT2D eigenvalue weighted by Crippen LogP contribution is -2.32. The summed E-state index contributed by atoms with van der Waals surface area (Å²) >= 11 is 1.29. The van der Waals surface area contributed by atoms with E-state index in [-0.39, 0.29) is 12.0 Å². The summed E-state index contributed by atoms with van der Waals surface area (Å²) in [6.07, 6.45) is -0.718. The number of esters is 1. The molecule has 1 unspecified atom stereocenters. The van der Waals surface area contributed by atoms with Gasteiger partial charge in [0.2, 0.25) is 5.89 Å². The Morgan fingerprint density at radius 3 is 2.65 bits per heavy atom. The van der Waals surface area contributed by atoms with Crippen molar-refractivity contribution in [1.29, 1.82) is 0 Å². The predicted octanol–water partition coefficient (Wildman–Crippen LogP) is 6.20. The standard InChI is InChI=1S/C28H23N3O5S/c1-3-23(25(32)31-28-30-22(16-37-28)17-9-8-10-18(15-17)34-2)36-27(33)20-12-5-4-11-19(20)26-29-21-13-6-7-14-24(21)35-26/h4-16,23H,3H2,1-2H3,(H,30,31,32). The van der Waals surface area contributed by atoms with Gasteiger partial charge in [-0.05, 0) is 42.8 Å². The second-order valence-electron chi connectivity index (χ2n) is 8.09. The minimum Gasteiger partial charge on any atom is -0.497 e. The van der Waals surface area contributed by atoms with E-state index in [1.165, 1.54) is 11.3 Å². The van der Waals surface area contributed by atoms with Crippen LogP contribution >= 0.6 is 11.3 Å². The first-order chi connectivity index (χ1) is 18.1. The lowest BCUT2D eigenvalue weighted by Gasteiger charge is -2.16. The lowest BCUT2D eigenvalue weighted by atomic mass is 10.1. The monoisotopic (exact) mass is 513 g/mol. The molecular weight excluding hydrogens is 490 g/mol. The molecule has 1 atom stereocenters. The van der Waals surface area contributed by atoms with Gasteiger partial charge < -0.3 is 13.9 Å². The summed E-state index contributed by atoms with van der Waals surface area (Å²) in [5.41, 5.74) is 3.62. The van der Waals surface area contributed by atoms with E-state index in [0.29, 0.717) is 39.1 Å². The molecular formula is C28H23N3O5S. The molecule has 2 aromatic heterocycles. The SMILES string of the molecule is CCC(OC(=O)c1ccccc1-c1nc2ccccc2o1)C(=O)Nc1nc(-c2cccc(OC)c2)cs1. The minimum atomic E-state index is -1.01. The molecule has 8 nitrogen and oxygen atoms in total. The van der Waals surface area contributed by atoms with Crippen LogP contribution in [0.1, 0.15) is 23.7 Å². The fraction of sp³-hybridized carbons (Fsp3) is 0.143. The van der Waals surface area contributed by atoms with E-state index in [4.69, 9.17) is 13.9 Å². The van der Waals surface area contributed by atoms with Crippen molar-refractivity contribution in [3.05, 3.63) is 83.7 Å². The molecule has 0 aliphatic carbocycles. The average molecular weight is 514 g/mol. The number of nitrogens with zero attached hydrogens (tertiary/aromatic N) is 2. The molecule has 9 heteroatoms. The summed E-state index contributed by atoms with van der Waals surface area (Å²) in [4.78, 5) is 35.1. The average Bonchev–Trinajstić information content (AvgIpc) is 3.59. The molecule has 5 rings (SSSR count). The predicted molar refractivity (Wildman–Crippen MR) is 142 cm³/mol. The quantitative estimate of drug-likeness (QED) is 0.246. The highest BCUT2D eigenvalue weighted by Crippen LogP contribution is 2.29. The van der Waals surface area contributed by atoms with Crippen molar-refractivity contribution < 1.29 is 23.5 Å². The Morgan fingerprint density at radius 1 is 1.03 bits per heavy atom. The molecule has 0 saturated carbocycles. The van der Waals surface area contributed by atoms with Crippen molar-refractivity contribution in [2.45, 2.75) is 19.4 Å². The number of benzene rings is 3. The van der Waals surface area contributed by atoms with Crippen molar-refractivity contribution in [1.82, 2.24) is 9.97 Å². The third-order valence-corrected chi connectivity index (χ3v) is 6.44. The molecule has 2 heterocycles. The van der Waals surface area contributed by atoms with Crippen LogP contribution < -0.4 is 10.1 Å². The molecule has 1 amide bonds. The Labute approximate surface area is 216 Å². The van der Waals surface area contributed by atoms with Gasteiger partial charge >= 0.3 is 5.97 Å². The number of fused-ring (bicyclic) bond motifs is 1. The Balaban J connectivity index is 1.31. The van der Waals surface area contributed by atoms with Gasteiger partial charge in [-0.2, -0.15) is 0 Å². The summed E-state index contributed by atoms with van der Waals surface area (Å²) in [5.74, 6) is -0.0796. The topological polar surface area (TPSA) is 104 Å². The highest BCUT2D eigenvalue weighted by Gasteiger charge is 2.25. The molecule has 0 radical (unpaired) electrons. The van der Waals surface area contributed by atoms with Crippen LogP contribution in [0.4, 0.5) is 5.13 Å².